The average molecular weight is 244 g/mol. The average Bonchev–Trinajstić information content (AvgIpc) is 2.57. The quantitative estimate of drug-likeness (QED) is 0.677. The molecule has 1 atom stereocenters. The van der Waals surface area contributed by atoms with Crippen molar-refractivity contribution in [2.75, 3.05) is 5.75 Å². The normalized spacial score (nSPS) is 12.1. The third-order valence-corrected chi connectivity index (χ3v) is 2.85. The first-order valence-electron chi connectivity index (χ1n) is 4.47. The Bertz CT molecular complexity index is 392. The van der Waals surface area contributed by atoms with Crippen molar-refractivity contribution < 1.29 is 14.7 Å². The number of carbonyl (C=O) groups excluding carboxylic acids is 1. The van der Waals surface area contributed by atoms with E-state index >= 15 is 0 Å². The Morgan fingerprint density at radius 3 is 2.81 bits per heavy atom. The third kappa shape index (κ3) is 3.54. The molecule has 0 aromatic carbocycles. The number of thioether (sulfide) groups is 1. The molecule has 0 radical (unpaired) electrons. The van der Waals surface area contributed by atoms with E-state index in [9.17, 15) is 9.59 Å². The van der Waals surface area contributed by atoms with Crippen molar-refractivity contribution in [1.82, 2.24) is 20.1 Å². The van der Waals surface area contributed by atoms with E-state index in [2.05, 4.69) is 15.5 Å². The molecule has 16 heavy (non-hydrogen) atoms. The number of nitrogens with zero attached hydrogens (tertiary/aromatic N) is 3. The number of carbonyl (C=O) groups is 2. The topological polar surface area (TPSA) is 97.1 Å². The van der Waals surface area contributed by atoms with E-state index in [1.807, 2.05) is 0 Å². The highest BCUT2D eigenvalue weighted by Crippen LogP contribution is 2.14. The summed E-state index contributed by atoms with van der Waals surface area (Å²) in [6.07, 6.45) is 1.52. The Kier molecular flexibility index (Phi) is 4.29. The minimum absolute atomic E-state index is 0.210. The predicted molar refractivity (Wildman–Crippen MR) is 57.0 cm³/mol. The van der Waals surface area contributed by atoms with Crippen LogP contribution in [0.5, 0.6) is 0 Å². The monoisotopic (exact) mass is 244 g/mol. The smallest absolute Gasteiger partial charge is 0.327 e. The van der Waals surface area contributed by atoms with Gasteiger partial charge < -0.3 is 15.0 Å². The fourth-order valence-electron chi connectivity index (χ4n) is 0.981. The molecular weight excluding hydrogens is 232 g/mol. The summed E-state index contributed by atoms with van der Waals surface area (Å²) in [7, 11) is 1.76. The van der Waals surface area contributed by atoms with E-state index < -0.39 is 12.0 Å². The second-order valence-electron chi connectivity index (χ2n) is 3.13. The van der Waals surface area contributed by atoms with E-state index in [0.717, 1.165) is 0 Å². The fourth-order valence-corrected chi connectivity index (χ4v) is 1.88. The number of nitrogens with one attached hydrogen (secondary N) is 1. The standard InChI is InChI=1S/C8H12N4O3S/c1-5(13)10-6(7(14)15)3-16-8-11-9-4-12(8)2/h4,6H,3H2,1-2H3,(H,10,13)(H,14,15). The summed E-state index contributed by atoms with van der Waals surface area (Å²) in [4.78, 5) is 21.6. The molecule has 1 heterocycles. The molecule has 0 aliphatic carbocycles. The van der Waals surface area contributed by atoms with Gasteiger partial charge in [0.15, 0.2) is 5.16 Å². The molecule has 0 bridgehead atoms. The Labute approximate surface area is 96.2 Å². The number of aliphatic carboxylic acids is 1. The Morgan fingerprint density at radius 2 is 2.38 bits per heavy atom. The first-order chi connectivity index (χ1) is 7.50. The summed E-state index contributed by atoms with van der Waals surface area (Å²) in [6.45, 7) is 1.28. The van der Waals surface area contributed by atoms with Crippen molar-refractivity contribution >= 4 is 23.6 Å². The molecular formula is C8H12N4O3S. The number of aryl methyl sites for hydroxylation is 1. The van der Waals surface area contributed by atoms with Crippen LogP contribution in [0.4, 0.5) is 0 Å². The van der Waals surface area contributed by atoms with E-state index in [4.69, 9.17) is 5.11 Å². The van der Waals surface area contributed by atoms with Gasteiger partial charge >= 0.3 is 5.97 Å². The van der Waals surface area contributed by atoms with Gasteiger partial charge in [0.25, 0.3) is 0 Å². The van der Waals surface area contributed by atoms with Crippen LogP contribution in [0.3, 0.4) is 0 Å². The fraction of sp³-hybridized carbons (Fsp3) is 0.500. The van der Waals surface area contributed by atoms with Crippen molar-refractivity contribution in [3.63, 3.8) is 0 Å². The van der Waals surface area contributed by atoms with Gasteiger partial charge in [0.1, 0.15) is 12.4 Å². The SMILES string of the molecule is CC(=O)NC(CSc1nncn1C)C(=O)O. The Hall–Kier alpha value is -1.57. The number of rotatable bonds is 5. The molecule has 0 saturated carbocycles. The highest BCUT2D eigenvalue weighted by Gasteiger charge is 2.19. The molecule has 1 aromatic heterocycles. The summed E-state index contributed by atoms with van der Waals surface area (Å²) in [6, 6.07) is -0.917. The first kappa shape index (κ1) is 12.5. The molecule has 0 fully saturated rings. The second-order valence-corrected chi connectivity index (χ2v) is 4.11. The van der Waals surface area contributed by atoms with Gasteiger partial charge in [-0.05, 0) is 0 Å². The minimum Gasteiger partial charge on any atom is -0.480 e. The van der Waals surface area contributed by atoms with Crippen LogP contribution in [0.1, 0.15) is 6.92 Å². The summed E-state index contributed by atoms with van der Waals surface area (Å²) in [5.74, 6) is -1.22. The molecule has 0 aliphatic heterocycles. The summed E-state index contributed by atoms with van der Waals surface area (Å²) in [5, 5.41) is 19.3. The molecule has 8 heteroatoms. The van der Waals surface area contributed by atoms with Crippen molar-refractivity contribution in [2.45, 2.75) is 18.1 Å². The van der Waals surface area contributed by atoms with Gasteiger partial charge in [-0.2, -0.15) is 0 Å². The zero-order valence-corrected chi connectivity index (χ0v) is 9.69. The Balaban J connectivity index is 2.53. The number of aromatic nitrogens is 3. The lowest BCUT2D eigenvalue weighted by Crippen LogP contribution is -2.41. The van der Waals surface area contributed by atoms with Gasteiger partial charge in [-0.25, -0.2) is 4.79 Å². The van der Waals surface area contributed by atoms with Crippen molar-refractivity contribution in [2.24, 2.45) is 7.05 Å². The number of carboxylic acid groups (broad SMARTS) is 1. The zero-order valence-electron chi connectivity index (χ0n) is 8.88. The Morgan fingerprint density at radius 1 is 1.69 bits per heavy atom. The van der Waals surface area contributed by atoms with Crippen LogP contribution >= 0.6 is 11.8 Å². The lowest BCUT2D eigenvalue weighted by molar-refractivity contribution is -0.140. The molecule has 0 saturated heterocycles. The molecule has 2 N–H and O–H groups in total. The minimum atomic E-state index is -1.06. The highest BCUT2D eigenvalue weighted by molar-refractivity contribution is 7.99. The van der Waals surface area contributed by atoms with Crippen LogP contribution in [0, 0.1) is 0 Å². The van der Waals surface area contributed by atoms with Gasteiger partial charge in [-0.3, -0.25) is 4.79 Å². The molecule has 1 aromatic rings. The lowest BCUT2D eigenvalue weighted by atomic mass is 10.3. The van der Waals surface area contributed by atoms with Crippen molar-refractivity contribution in [3.8, 4) is 0 Å². The zero-order chi connectivity index (χ0) is 12.1. The lowest BCUT2D eigenvalue weighted by Gasteiger charge is -2.11. The summed E-state index contributed by atoms with van der Waals surface area (Å²) in [5.41, 5.74) is 0. The maximum absolute atomic E-state index is 10.8. The van der Waals surface area contributed by atoms with Crippen LogP contribution in [-0.4, -0.2) is 43.5 Å². The highest BCUT2D eigenvalue weighted by atomic mass is 32.2. The van der Waals surface area contributed by atoms with Gasteiger partial charge in [0.2, 0.25) is 5.91 Å². The van der Waals surface area contributed by atoms with E-state index in [-0.39, 0.29) is 11.7 Å². The molecule has 0 spiro atoms. The number of hydrogen-bond donors (Lipinski definition) is 2. The van der Waals surface area contributed by atoms with Crippen LogP contribution in [-0.2, 0) is 16.6 Å². The van der Waals surface area contributed by atoms with Gasteiger partial charge in [0.05, 0.1) is 0 Å². The molecule has 1 amide bonds. The maximum atomic E-state index is 10.8. The van der Waals surface area contributed by atoms with Gasteiger partial charge in [-0.1, -0.05) is 11.8 Å². The largest absolute Gasteiger partial charge is 0.480 e. The first-order valence-corrected chi connectivity index (χ1v) is 5.46. The second kappa shape index (κ2) is 5.50. The molecule has 1 unspecified atom stereocenters. The van der Waals surface area contributed by atoms with Crippen LogP contribution in [0.2, 0.25) is 0 Å². The molecule has 7 nitrogen and oxygen atoms in total. The van der Waals surface area contributed by atoms with Crippen molar-refractivity contribution in [3.05, 3.63) is 6.33 Å². The van der Waals surface area contributed by atoms with Gasteiger partial charge in [0, 0.05) is 19.7 Å². The molecule has 88 valence electrons. The van der Waals surface area contributed by atoms with E-state index in [1.54, 1.807) is 11.6 Å². The summed E-state index contributed by atoms with van der Waals surface area (Å²) < 4.78 is 1.68. The van der Waals surface area contributed by atoms with Crippen LogP contribution < -0.4 is 5.32 Å². The molecule has 1 rings (SSSR count). The predicted octanol–water partition coefficient (Wildman–Crippen LogP) is -0.504. The number of carboxylic acids is 1. The van der Waals surface area contributed by atoms with Crippen molar-refractivity contribution in [1.29, 1.82) is 0 Å². The van der Waals surface area contributed by atoms with Crippen LogP contribution in [0.15, 0.2) is 11.5 Å². The van der Waals surface area contributed by atoms with E-state index in [1.165, 1.54) is 25.0 Å². The molecule has 0 aliphatic rings. The maximum Gasteiger partial charge on any atom is 0.327 e. The summed E-state index contributed by atoms with van der Waals surface area (Å²) >= 11 is 1.23. The number of hydrogen-bond acceptors (Lipinski definition) is 5. The third-order valence-electron chi connectivity index (χ3n) is 1.72. The van der Waals surface area contributed by atoms with Crippen LogP contribution in [0.25, 0.3) is 0 Å². The van der Waals surface area contributed by atoms with Gasteiger partial charge in [-0.15, -0.1) is 10.2 Å². The number of amides is 1. The van der Waals surface area contributed by atoms with E-state index in [0.29, 0.717) is 5.16 Å².